The molecule has 2 rings (SSSR count). The van der Waals surface area contributed by atoms with Gasteiger partial charge in [-0.25, -0.2) is 0 Å². The zero-order valence-electron chi connectivity index (χ0n) is 9.27. The number of carbonyl (C=O) groups excluding carboxylic acids is 1. The van der Waals surface area contributed by atoms with Gasteiger partial charge in [0.1, 0.15) is 5.76 Å². The highest BCUT2D eigenvalue weighted by Crippen LogP contribution is 2.12. The second-order valence-electron chi connectivity index (χ2n) is 3.65. The fourth-order valence-corrected chi connectivity index (χ4v) is 1.44. The van der Waals surface area contributed by atoms with Crippen LogP contribution < -0.4 is 10.9 Å². The maximum Gasteiger partial charge on any atom is 0.253 e. The number of nitrogens with one attached hydrogen (secondary N) is 2. The van der Waals surface area contributed by atoms with Gasteiger partial charge >= 0.3 is 0 Å². The minimum atomic E-state index is -0.259. The topological polar surface area (TPSA) is 75.1 Å². The molecule has 2 aromatic rings. The first-order valence-electron chi connectivity index (χ1n) is 5.20. The Balaban J connectivity index is 2.07. The summed E-state index contributed by atoms with van der Waals surface area (Å²) in [6, 6.07) is 6.12. The summed E-state index contributed by atoms with van der Waals surface area (Å²) in [5, 5.41) is 2.76. The summed E-state index contributed by atoms with van der Waals surface area (Å²) in [6.07, 6.45) is 2.94. The number of hydrogen-bond donors (Lipinski definition) is 2. The number of hydrogen-bond acceptors (Lipinski definition) is 3. The van der Waals surface area contributed by atoms with Crippen LogP contribution in [0.2, 0.25) is 0 Å². The molecule has 2 heterocycles. The molecule has 0 fully saturated rings. The minimum absolute atomic E-state index is 0.218. The monoisotopic (exact) mass is 232 g/mol. The summed E-state index contributed by atoms with van der Waals surface area (Å²) in [5.41, 5.74) is 0.170. The number of H-pyrrole nitrogens is 1. The maximum absolute atomic E-state index is 11.8. The van der Waals surface area contributed by atoms with Gasteiger partial charge < -0.3 is 14.7 Å². The normalized spacial score (nSPS) is 12.1. The fraction of sp³-hybridized carbons (Fsp3) is 0.167. The molecule has 0 bridgehead atoms. The molecule has 5 nitrogen and oxygen atoms in total. The highest BCUT2D eigenvalue weighted by molar-refractivity contribution is 5.93. The van der Waals surface area contributed by atoms with Crippen LogP contribution in [0, 0.1) is 0 Å². The molecule has 17 heavy (non-hydrogen) atoms. The highest BCUT2D eigenvalue weighted by atomic mass is 16.3. The SMILES string of the molecule is CC(NC(=O)c1ccc(=O)[nH]c1)c1ccco1. The Kier molecular flexibility index (Phi) is 3.09. The van der Waals surface area contributed by atoms with Crippen molar-refractivity contribution in [2.45, 2.75) is 13.0 Å². The van der Waals surface area contributed by atoms with Gasteiger partial charge in [-0.2, -0.15) is 0 Å². The average Bonchev–Trinajstić information content (AvgIpc) is 2.83. The second kappa shape index (κ2) is 4.69. The van der Waals surface area contributed by atoms with Crippen molar-refractivity contribution in [3.63, 3.8) is 0 Å². The van der Waals surface area contributed by atoms with Crippen molar-refractivity contribution in [2.24, 2.45) is 0 Å². The molecule has 0 aliphatic rings. The Labute approximate surface area is 97.5 Å². The van der Waals surface area contributed by atoms with Crippen LogP contribution >= 0.6 is 0 Å². The van der Waals surface area contributed by atoms with E-state index in [9.17, 15) is 9.59 Å². The van der Waals surface area contributed by atoms with Crippen LogP contribution in [-0.4, -0.2) is 10.9 Å². The summed E-state index contributed by atoms with van der Waals surface area (Å²) in [7, 11) is 0. The molecule has 88 valence electrons. The van der Waals surface area contributed by atoms with Crippen LogP contribution in [-0.2, 0) is 0 Å². The predicted molar refractivity (Wildman–Crippen MR) is 61.7 cm³/mol. The lowest BCUT2D eigenvalue weighted by Gasteiger charge is -2.10. The molecule has 5 heteroatoms. The first kappa shape index (κ1) is 11.2. The first-order chi connectivity index (χ1) is 8.16. The number of aromatic amines is 1. The van der Waals surface area contributed by atoms with Crippen LogP contribution in [0.25, 0.3) is 0 Å². The standard InChI is InChI=1S/C12H12N2O3/c1-8(10-3-2-6-17-10)14-12(16)9-4-5-11(15)13-7-9/h2-8H,1H3,(H,13,15)(H,14,16). The van der Waals surface area contributed by atoms with Crippen LogP contribution in [0.4, 0.5) is 0 Å². The van der Waals surface area contributed by atoms with E-state index in [1.165, 1.54) is 18.3 Å². The summed E-state index contributed by atoms with van der Waals surface area (Å²) in [4.78, 5) is 25.1. The largest absolute Gasteiger partial charge is 0.467 e. The number of aromatic nitrogens is 1. The van der Waals surface area contributed by atoms with E-state index in [1.807, 2.05) is 6.92 Å². The van der Waals surface area contributed by atoms with Crippen molar-refractivity contribution in [1.82, 2.24) is 10.3 Å². The average molecular weight is 232 g/mol. The Hall–Kier alpha value is -2.30. The number of furan rings is 1. The van der Waals surface area contributed by atoms with E-state index in [0.29, 0.717) is 11.3 Å². The molecule has 1 atom stereocenters. The van der Waals surface area contributed by atoms with Gasteiger partial charge in [0, 0.05) is 12.3 Å². The Morgan fingerprint density at radius 1 is 1.41 bits per heavy atom. The van der Waals surface area contributed by atoms with Crippen molar-refractivity contribution in [3.05, 3.63) is 58.4 Å². The van der Waals surface area contributed by atoms with Gasteiger partial charge in [0.25, 0.3) is 5.91 Å². The zero-order valence-corrected chi connectivity index (χ0v) is 9.27. The van der Waals surface area contributed by atoms with Crippen LogP contribution in [0.1, 0.15) is 29.1 Å². The van der Waals surface area contributed by atoms with E-state index in [2.05, 4.69) is 10.3 Å². The number of carbonyl (C=O) groups is 1. The third kappa shape index (κ3) is 2.63. The van der Waals surface area contributed by atoms with Gasteiger partial charge in [-0.15, -0.1) is 0 Å². The molecule has 0 aromatic carbocycles. The molecule has 0 radical (unpaired) electrons. The van der Waals surface area contributed by atoms with Gasteiger partial charge in [-0.05, 0) is 25.1 Å². The molecule has 0 aliphatic carbocycles. The maximum atomic E-state index is 11.8. The summed E-state index contributed by atoms with van der Waals surface area (Å²) in [5.74, 6) is 0.424. The Bertz CT molecular complexity index is 537. The first-order valence-corrected chi connectivity index (χ1v) is 5.20. The van der Waals surface area contributed by atoms with Crippen LogP contribution in [0.3, 0.4) is 0 Å². The summed E-state index contributed by atoms with van der Waals surface area (Å²) >= 11 is 0. The van der Waals surface area contributed by atoms with Gasteiger partial charge in [0.15, 0.2) is 0 Å². The van der Waals surface area contributed by atoms with Crippen molar-refractivity contribution < 1.29 is 9.21 Å². The summed E-state index contributed by atoms with van der Waals surface area (Å²) < 4.78 is 5.18. The minimum Gasteiger partial charge on any atom is -0.467 e. The van der Waals surface area contributed by atoms with Crippen molar-refractivity contribution in [2.75, 3.05) is 0 Å². The molecule has 0 saturated heterocycles. The third-order valence-electron chi connectivity index (χ3n) is 2.36. The lowest BCUT2D eigenvalue weighted by Crippen LogP contribution is -2.26. The lowest BCUT2D eigenvalue weighted by molar-refractivity contribution is 0.0935. The van der Waals surface area contributed by atoms with E-state index in [-0.39, 0.29) is 17.5 Å². The van der Waals surface area contributed by atoms with Crippen LogP contribution in [0.5, 0.6) is 0 Å². The lowest BCUT2D eigenvalue weighted by atomic mass is 10.2. The molecule has 2 N–H and O–H groups in total. The zero-order chi connectivity index (χ0) is 12.3. The number of pyridine rings is 1. The van der Waals surface area contributed by atoms with E-state index in [0.717, 1.165) is 0 Å². The van der Waals surface area contributed by atoms with Crippen molar-refractivity contribution in [3.8, 4) is 0 Å². The molecular weight excluding hydrogens is 220 g/mol. The van der Waals surface area contributed by atoms with Gasteiger partial charge in [-0.3, -0.25) is 9.59 Å². The van der Waals surface area contributed by atoms with E-state index in [1.54, 1.807) is 18.4 Å². The van der Waals surface area contributed by atoms with Gasteiger partial charge in [0.2, 0.25) is 5.56 Å². The molecule has 2 aromatic heterocycles. The van der Waals surface area contributed by atoms with E-state index in [4.69, 9.17) is 4.42 Å². The van der Waals surface area contributed by atoms with Crippen molar-refractivity contribution in [1.29, 1.82) is 0 Å². The molecule has 1 unspecified atom stereocenters. The predicted octanol–water partition coefficient (Wildman–Crippen LogP) is 1.46. The number of amides is 1. The summed E-state index contributed by atoms with van der Waals surface area (Å²) in [6.45, 7) is 1.82. The Morgan fingerprint density at radius 3 is 2.82 bits per heavy atom. The Morgan fingerprint density at radius 2 is 2.24 bits per heavy atom. The van der Waals surface area contributed by atoms with Crippen LogP contribution in [0.15, 0.2) is 45.9 Å². The molecule has 1 amide bonds. The molecular formula is C12H12N2O3. The van der Waals surface area contributed by atoms with E-state index >= 15 is 0 Å². The fourth-order valence-electron chi connectivity index (χ4n) is 1.44. The smallest absolute Gasteiger partial charge is 0.253 e. The van der Waals surface area contributed by atoms with Gasteiger partial charge in [-0.1, -0.05) is 0 Å². The quantitative estimate of drug-likeness (QED) is 0.841. The van der Waals surface area contributed by atoms with Gasteiger partial charge in [0.05, 0.1) is 17.9 Å². The molecule has 0 aliphatic heterocycles. The second-order valence-corrected chi connectivity index (χ2v) is 3.65. The molecule has 0 spiro atoms. The third-order valence-corrected chi connectivity index (χ3v) is 2.36. The highest BCUT2D eigenvalue weighted by Gasteiger charge is 2.13. The molecule has 0 saturated carbocycles. The number of rotatable bonds is 3. The van der Waals surface area contributed by atoms with Crippen molar-refractivity contribution >= 4 is 5.91 Å². The van der Waals surface area contributed by atoms with E-state index < -0.39 is 0 Å².